The van der Waals surface area contributed by atoms with Gasteiger partial charge in [0.05, 0.1) is 18.1 Å². The molecule has 0 saturated heterocycles. The molecule has 0 aliphatic rings. The van der Waals surface area contributed by atoms with Crippen LogP contribution in [0.5, 0.6) is 0 Å². The molecule has 0 aliphatic heterocycles. The van der Waals surface area contributed by atoms with Crippen molar-refractivity contribution in [1.29, 1.82) is 0 Å². The Kier molecular flexibility index (Phi) is 7.41. The van der Waals surface area contributed by atoms with E-state index in [0.29, 0.717) is 0 Å². The zero-order valence-corrected chi connectivity index (χ0v) is 12.8. The minimum Gasteiger partial charge on any atom is -0.369 e. The first kappa shape index (κ1) is 15.9. The van der Waals surface area contributed by atoms with Gasteiger partial charge in [0.15, 0.2) is 0 Å². The highest BCUT2D eigenvalue weighted by Crippen LogP contribution is 2.12. The number of nitrogens with one attached hydrogen (secondary N) is 1. The monoisotopic (exact) mass is 264 g/mol. The second kappa shape index (κ2) is 8.86. The summed E-state index contributed by atoms with van der Waals surface area (Å²) in [5.41, 5.74) is 1.05. The van der Waals surface area contributed by atoms with Crippen LogP contribution in [0.3, 0.4) is 0 Å². The Bertz CT molecular complexity index is 333. The molecule has 108 valence electrons. The second-order valence-electron chi connectivity index (χ2n) is 4.93. The van der Waals surface area contributed by atoms with Crippen molar-refractivity contribution >= 4 is 5.82 Å². The van der Waals surface area contributed by atoms with Crippen molar-refractivity contribution in [1.82, 2.24) is 14.9 Å². The zero-order chi connectivity index (χ0) is 14.1. The van der Waals surface area contributed by atoms with Gasteiger partial charge in [-0.15, -0.1) is 0 Å². The maximum absolute atomic E-state index is 4.48. The number of hydrogen-bond donors (Lipinski definition) is 1. The summed E-state index contributed by atoms with van der Waals surface area (Å²) in [7, 11) is 0. The molecule has 1 aromatic rings. The van der Waals surface area contributed by atoms with Crippen LogP contribution in [0.4, 0.5) is 5.82 Å². The van der Waals surface area contributed by atoms with Gasteiger partial charge in [0, 0.05) is 19.6 Å². The van der Waals surface area contributed by atoms with Crippen molar-refractivity contribution in [2.75, 3.05) is 25.0 Å². The van der Waals surface area contributed by atoms with E-state index >= 15 is 0 Å². The molecule has 19 heavy (non-hydrogen) atoms. The molecule has 0 amide bonds. The summed E-state index contributed by atoms with van der Waals surface area (Å²) in [6, 6.07) is 0. The molecular formula is C15H28N4. The van der Waals surface area contributed by atoms with Gasteiger partial charge >= 0.3 is 0 Å². The van der Waals surface area contributed by atoms with Gasteiger partial charge in [0.25, 0.3) is 0 Å². The van der Waals surface area contributed by atoms with Gasteiger partial charge in [0.2, 0.25) is 0 Å². The summed E-state index contributed by atoms with van der Waals surface area (Å²) >= 11 is 0. The third-order valence-electron chi connectivity index (χ3n) is 3.57. The van der Waals surface area contributed by atoms with Crippen molar-refractivity contribution in [2.45, 2.75) is 47.1 Å². The van der Waals surface area contributed by atoms with E-state index in [9.17, 15) is 0 Å². The number of hydrogen-bond acceptors (Lipinski definition) is 4. The summed E-state index contributed by atoms with van der Waals surface area (Å²) in [5, 5.41) is 3.17. The van der Waals surface area contributed by atoms with Gasteiger partial charge in [-0.25, -0.2) is 4.98 Å². The molecule has 0 aliphatic carbocycles. The van der Waals surface area contributed by atoms with Gasteiger partial charge in [0.1, 0.15) is 5.82 Å². The summed E-state index contributed by atoms with van der Waals surface area (Å²) in [6.07, 6.45) is 6.20. The van der Waals surface area contributed by atoms with Crippen LogP contribution in [-0.4, -0.2) is 34.5 Å². The Morgan fingerprint density at radius 1 is 1.11 bits per heavy atom. The van der Waals surface area contributed by atoms with Crippen molar-refractivity contribution in [3.05, 3.63) is 18.1 Å². The van der Waals surface area contributed by atoms with E-state index in [1.165, 1.54) is 12.8 Å². The highest BCUT2D eigenvalue weighted by molar-refractivity contribution is 5.30. The van der Waals surface area contributed by atoms with Gasteiger partial charge in [-0.1, -0.05) is 33.6 Å². The Morgan fingerprint density at radius 2 is 1.84 bits per heavy atom. The Morgan fingerprint density at radius 3 is 2.32 bits per heavy atom. The average molecular weight is 264 g/mol. The fraction of sp³-hybridized carbons (Fsp3) is 0.733. The van der Waals surface area contributed by atoms with Crippen LogP contribution in [0, 0.1) is 5.92 Å². The van der Waals surface area contributed by atoms with Gasteiger partial charge in [-0.05, 0) is 19.4 Å². The molecule has 1 aromatic heterocycles. The normalized spacial score (nSPS) is 11.3. The first-order valence-electron chi connectivity index (χ1n) is 7.50. The average Bonchev–Trinajstić information content (AvgIpc) is 2.45. The number of rotatable bonds is 9. The van der Waals surface area contributed by atoms with E-state index in [2.05, 4.69) is 47.9 Å². The van der Waals surface area contributed by atoms with E-state index in [4.69, 9.17) is 0 Å². The lowest BCUT2D eigenvalue weighted by atomic mass is 10.0. The fourth-order valence-electron chi connectivity index (χ4n) is 2.16. The Hall–Kier alpha value is -1.16. The van der Waals surface area contributed by atoms with Crippen LogP contribution >= 0.6 is 0 Å². The minimum absolute atomic E-state index is 0.786. The third kappa shape index (κ3) is 5.55. The molecule has 0 aromatic carbocycles. The fourth-order valence-corrected chi connectivity index (χ4v) is 2.16. The standard InChI is InChI=1S/C15H28N4/c1-5-13(6-2)11-19(8-4)12-14-9-18-15(10-17-14)16-7-3/h9-10,13H,5-8,11-12H2,1-4H3,(H,16,18). The van der Waals surface area contributed by atoms with Crippen molar-refractivity contribution in [3.8, 4) is 0 Å². The van der Waals surface area contributed by atoms with E-state index in [1.807, 2.05) is 12.4 Å². The van der Waals surface area contributed by atoms with Gasteiger partial charge in [-0.3, -0.25) is 9.88 Å². The van der Waals surface area contributed by atoms with Crippen LogP contribution in [0.25, 0.3) is 0 Å². The van der Waals surface area contributed by atoms with E-state index in [-0.39, 0.29) is 0 Å². The molecule has 0 radical (unpaired) electrons. The Labute approximate surface area is 117 Å². The third-order valence-corrected chi connectivity index (χ3v) is 3.57. The molecule has 0 saturated carbocycles. The van der Waals surface area contributed by atoms with Crippen molar-refractivity contribution in [2.24, 2.45) is 5.92 Å². The molecule has 0 atom stereocenters. The molecule has 1 heterocycles. The van der Waals surface area contributed by atoms with Crippen molar-refractivity contribution in [3.63, 3.8) is 0 Å². The molecule has 0 spiro atoms. The van der Waals surface area contributed by atoms with E-state index < -0.39 is 0 Å². The summed E-state index contributed by atoms with van der Waals surface area (Å²) in [5.74, 6) is 1.64. The van der Waals surface area contributed by atoms with Gasteiger partial charge < -0.3 is 5.32 Å². The largest absolute Gasteiger partial charge is 0.369 e. The molecule has 4 nitrogen and oxygen atoms in total. The number of nitrogens with zero attached hydrogens (tertiary/aromatic N) is 3. The topological polar surface area (TPSA) is 41.1 Å². The van der Waals surface area contributed by atoms with Gasteiger partial charge in [-0.2, -0.15) is 0 Å². The second-order valence-corrected chi connectivity index (χ2v) is 4.93. The lowest BCUT2D eigenvalue weighted by molar-refractivity contribution is 0.224. The Balaban J connectivity index is 2.54. The van der Waals surface area contributed by atoms with Crippen LogP contribution < -0.4 is 5.32 Å². The maximum Gasteiger partial charge on any atom is 0.144 e. The predicted octanol–water partition coefficient (Wildman–Crippen LogP) is 3.17. The first-order valence-corrected chi connectivity index (χ1v) is 7.50. The molecule has 0 unspecified atom stereocenters. The van der Waals surface area contributed by atoms with Crippen LogP contribution in [0.1, 0.15) is 46.2 Å². The van der Waals surface area contributed by atoms with E-state index in [1.54, 1.807) is 0 Å². The molecule has 0 bridgehead atoms. The highest BCUT2D eigenvalue weighted by Gasteiger charge is 2.11. The number of aromatic nitrogens is 2. The quantitative estimate of drug-likeness (QED) is 0.744. The molecule has 1 rings (SSSR count). The minimum atomic E-state index is 0.786. The van der Waals surface area contributed by atoms with E-state index in [0.717, 1.165) is 43.6 Å². The molecule has 1 N–H and O–H groups in total. The van der Waals surface area contributed by atoms with Crippen LogP contribution in [0.15, 0.2) is 12.4 Å². The summed E-state index contributed by atoms with van der Waals surface area (Å²) in [6.45, 7) is 12.8. The van der Waals surface area contributed by atoms with Crippen LogP contribution in [-0.2, 0) is 6.54 Å². The lowest BCUT2D eigenvalue weighted by Crippen LogP contribution is -2.29. The maximum atomic E-state index is 4.48. The first-order chi connectivity index (χ1) is 9.23. The number of anilines is 1. The molecular weight excluding hydrogens is 236 g/mol. The van der Waals surface area contributed by atoms with Crippen molar-refractivity contribution < 1.29 is 0 Å². The predicted molar refractivity (Wildman–Crippen MR) is 81.2 cm³/mol. The van der Waals surface area contributed by atoms with Crippen LogP contribution in [0.2, 0.25) is 0 Å². The zero-order valence-electron chi connectivity index (χ0n) is 12.8. The summed E-state index contributed by atoms with van der Waals surface area (Å²) in [4.78, 5) is 11.3. The SMILES string of the molecule is CCNc1cnc(CN(CC)CC(CC)CC)cn1. The molecule has 0 fully saturated rings. The molecule has 4 heteroatoms. The summed E-state index contributed by atoms with van der Waals surface area (Å²) < 4.78 is 0. The lowest BCUT2D eigenvalue weighted by Gasteiger charge is -2.24. The smallest absolute Gasteiger partial charge is 0.144 e. The highest BCUT2D eigenvalue weighted by atomic mass is 15.1.